The summed E-state index contributed by atoms with van der Waals surface area (Å²) in [7, 11) is 2.21. The molecule has 1 N–H and O–H groups in total. The van der Waals surface area contributed by atoms with Crippen LogP contribution in [0.3, 0.4) is 0 Å². The highest BCUT2D eigenvalue weighted by Crippen LogP contribution is 2.30. The fourth-order valence-corrected chi connectivity index (χ4v) is 3.09. The van der Waals surface area contributed by atoms with Crippen molar-refractivity contribution in [1.29, 1.82) is 0 Å². The first-order valence-electron chi connectivity index (χ1n) is 7.28. The van der Waals surface area contributed by atoms with Crippen LogP contribution in [0.1, 0.15) is 53.4 Å². The Hall–Kier alpha value is -0.0800. The zero-order valence-corrected chi connectivity index (χ0v) is 12.3. The summed E-state index contributed by atoms with van der Waals surface area (Å²) in [6.07, 6.45) is 4.57. The lowest BCUT2D eigenvalue weighted by Gasteiger charge is -2.36. The Kier molecular flexibility index (Phi) is 5.94. The maximum Gasteiger partial charge on any atom is 0.0580 e. The number of aliphatic hydroxyl groups excluding tert-OH is 1. The van der Waals surface area contributed by atoms with E-state index in [0.717, 1.165) is 24.8 Å². The highest BCUT2D eigenvalue weighted by atomic mass is 16.3. The van der Waals surface area contributed by atoms with Gasteiger partial charge in [-0.25, -0.2) is 0 Å². The molecule has 0 saturated heterocycles. The fraction of sp³-hybridized carbons (Fsp3) is 1.00. The van der Waals surface area contributed by atoms with Crippen molar-refractivity contribution >= 4 is 0 Å². The quantitative estimate of drug-likeness (QED) is 0.799. The number of nitrogens with zero attached hydrogens (tertiary/aromatic N) is 1. The van der Waals surface area contributed by atoms with E-state index in [1.807, 2.05) is 0 Å². The largest absolute Gasteiger partial charge is 0.393 e. The van der Waals surface area contributed by atoms with Gasteiger partial charge < -0.3 is 10.0 Å². The van der Waals surface area contributed by atoms with Crippen molar-refractivity contribution in [1.82, 2.24) is 4.90 Å². The summed E-state index contributed by atoms with van der Waals surface area (Å²) in [5.74, 6) is 2.03. The number of hydrogen-bond acceptors (Lipinski definition) is 2. The van der Waals surface area contributed by atoms with Gasteiger partial charge in [-0.1, -0.05) is 20.8 Å². The molecule has 4 unspecified atom stereocenters. The minimum absolute atomic E-state index is 0.0695. The third-order valence-electron chi connectivity index (χ3n) is 4.29. The number of hydrogen-bond donors (Lipinski definition) is 1. The van der Waals surface area contributed by atoms with Crippen LogP contribution in [0.25, 0.3) is 0 Å². The molecule has 0 aliphatic heterocycles. The molecule has 0 amide bonds. The van der Waals surface area contributed by atoms with E-state index in [-0.39, 0.29) is 6.10 Å². The third-order valence-corrected chi connectivity index (χ3v) is 4.29. The van der Waals surface area contributed by atoms with Crippen LogP contribution in [0.15, 0.2) is 0 Å². The molecule has 0 aromatic heterocycles. The van der Waals surface area contributed by atoms with Crippen LogP contribution in [-0.4, -0.2) is 35.7 Å². The summed E-state index contributed by atoms with van der Waals surface area (Å²) >= 11 is 0. The maximum atomic E-state index is 10.1. The second-order valence-corrected chi connectivity index (χ2v) is 6.66. The summed E-state index contributed by atoms with van der Waals surface area (Å²) in [5, 5.41) is 10.1. The smallest absolute Gasteiger partial charge is 0.0580 e. The molecule has 1 aliphatic carbocycles. The number of aliphatic hydroxyl groups is 1. The van der Waals surface area contributed by atoms with Crippen LogP contribution in [0.4, 0.5) is 0 Å². The molecule has 17 heavy (non-hydrogen) atoms. The van der Waals surface area contributed by atoms with E-state index >= 15 is 0 Å². The fourth-order valence-electron chi connectivity index (χ4n) is 3.09. The van der Waals surface area contributed by atoms with Gasteiger partial charge >= 0.3 is 0 Å². The zero-order chi connectivity index (χ0) is 13.0. The van der Waals surface area contributed by atoms with Gasteiger partial charge in [0.05, 0.1) is 6.10 Å². The molecule has 0 radical (unpaired) electrons. The Morgan fingerprint density at radius 2 is 1.88 bits per heavy atom. The van der Waals surface area contributed by atoms with Crippen molar-refractivity contribution in [2.75, 3.05) is 13.6 Å². The lowest BCUT2D eigenvalue weighted by Crippen LogP contribution is -2.40. The average Bonchev–Trinajstić information content (AvgIpc) is 2.22. The van der Waals surface area contributed by atoms with Gasteiger partial charge in [0, 0.05) is 12.6 Å². The molecule has 1 fully saturated rings. The molecule has 1 aliphatic rings. The highest BCUT2D eigenvalue weighted by Gasteiger charge is 2.28. The Morgan fingerprint density at radius 1 is 1.24 bits per heavy atom. The summed E-state index contributed by atoms with van der Waals surface area (Å²) in [6.45, 7) is 10.2. The standard InChI is InChI=1S/C15H31NO/c1-11(2)8-13(4)16(5)10-14-9-12(3)6-7-15(14)17/h11-15,17H,6-10H2,1-5H3. The Labute approximate surface area is 107 Å². The lowest BCUT2D eigenvalue weighted by molar-refractivity contribution is 0.0275. The van der Waals surface area contributed by atoms with E-state index < -0.39 is 0 Å². The van der Waals surface area contributed by atoms with Gasteiger partial charge in [0.15, 0.2) is 0 Å². The molecule has 0 aromatic rings. The van der Waals surface area contributed by atoms with E-state index in [2.05, 4.69) is 39.6 Å². The minimum atomic E-state index is -0.0695. The van der Waals surface area contributed by atoms with Gasteiger partial charge in [0.2, 0.25) is 0 Å². The average molecular weight is 241 g/mol. The van der Waals surface area contributed by atoms with E-state index in [4.69, 9.17) is 0 Å². The Balaban J connectivity index is 2.40. The summed E-state index contributed by atoms with van der Waals surface area (Å²) in [6, 6.07) is 0.624. The van der Waals surface area contributed by atoms with E-state index in [1.54, 1.807) is 0 Å². The normalized spacial score (nSPS) is 32.1. The van der Waals surface area contributed by atoms with E-state index in [0.29, 0.717) is 12.0 Å². The van der Waals surface area contributed by atoms with Crippen LogP contribution < -0.4 is 0 Å². The van der Waals surface area contributed by atoms with Crippen LogP contribution >= 0.6 is 0 Å². The molecule has 0 heterocycles. The predicted molar refractivity (Wildman–Crippen MR) is 74.1 cm³/mol. The molecule has 1 rings (SSSR count). The van der Waals surface area contributed by atoms with Crippen molar-refractivity contribution in [2.24, 2.45) is 17.8 Å². The summed E-state index contributed by atoms with van der Waals surface area (Å²) < 4.78 is 0. The van der Waals surface area contributed by atoms with Crippen molar-refractivity contribution in [2.45, 2.75) is 65.5 Å². The number of rotatable bonds is 5. The first-order chi connectivity index (χ1) is 7.90. The first kappa shape index (κ1) is 15.0. The second kappa shape index (κ2) is 6.75. The van der Waals surface area contributed by atoms with Crippen LogP contribution in [0.5, 0.6) is 0 Å². The van der Waals surface area contributed by atoms with Gasteiger partial charge in [0.25, 0.3) is 0 Å². The topological polar surface area (TPSA) is 23.5 Å². The lowest BCUT2D eigenvalue weighted by atomic mass is 9.80. The first-order valence-corrected chi connectivity index (χ1v) is 7.28. The SMILES string of the molecule is CC(C)CC(C)N(C)CC1CC(C)CCC1O. The molecular formula is C15H31NO. The van der Waals surface area contributed by atoms with Crippen molar-refractivity contribution in [3.63, 3.8) is 0 Å². The van der Waals surface area contributed by atoms with Gasteiger partial charge in [-0.3, -0.25) is 0 Å². The summed E-state index contributed by atoms with van der Waals surface area (Å²) in [5.41, 5.74) is 0. The molecule has 0 spiro atoms. The monoisotopic (exact) mass is 241 g/mol. The van der Waals surface area contributed by atoms with Gasteiger partial charge in [-0.2, -0.15) is 0 Å². The van der Waals surface area contributed by atoms with Crippen molar-refractivity contribution < 1.29 is 5.11 Å². The molecule has 102 valence electrons. The maximum absolute atomic E-state index is 10.1. The van der Waals surface area contributed by atoms with Gasteiger partial charge in [-0.05, 0) is 57.4 Å². The Bertz CT molecular complexity index is 217. The highest BCUT2D eigenvalue weighted by molar-refractivity contribution is 4.81. The predicted octanol–water partition coefficient (Wildman–Crippen LogP) is 3.15. The molecule has 2 nitrogen and oxygen atoms in total. The molecule has 2 heteroatoms. The van der Waals surface area contributed by atoms with Gasteiger partial charge in [0.1, 0.15) is 0 Å². The van der Waals surface area contributed by atoms with Crippen molar-refractivity contribution in [3.05, 3.63) is 0 Å². The second-order valence-electron chi connectivity index (χ2n) is 6.66. The van der Waals surface area contributed by atoms with Crippen LogP contribution in [0, 0.1) is 17.8 Å². The van der Waals surface area contributed by atoms with E-state index in [9.17, 15) is 5.11 Å². The summed E-state index contributed by atoms with van der Waals surface area (Å²) in [4.78, 5) is 2.44. The molecule has 1 saturated carbocycles. The molecule has 4 atom stereocenters. The van der Waals surface area contributed by atoms with Gasteiger partial charge in [-0.15, -0.1) is 0 Å². The van der Waals surface area contributed by atoms with Crippen LogP contribution in [-0.2, 0) is 0 Å². The zero-order valence-electron chi connectivity index (χ0n) is 12.3. The minimum Gasteiger partial charge on any atom is -0.393 e. The van der Waals surface area contributed by atoms with E-state index in [1.165, 1.54) is 19.3 Å². The molecule has 0 aromatic carbocycles. The molecule has 0 bridgehead atoms. The van der Waals surface area contributed by atoms with Crippen molar-refractivity contribution in [3.8, 4) is 0 Å². The van der Waals surface area contributed by atoms with Crippen LogP contribution in [0.2, 0.25) is 0 Å². The Morgan fingerprint density at radius 3 is 2.47 bits per heavy atom. The third kappa shape index (κ3) is 4.97. The molecular weight excluding hydrogens is 210 g/mol.